The van der Waals surface area contributed by atoms with Crippen molar-refractivity contribution in [2.75, 3.05) is 0 Å². The van der Waals surface area contributed by atoms with Gasteiger partial charge < -0.3 is 14.8 Å². The summed E-state index contributed by atoms with van der Waals surface area (Å²) in [6, 6.07) is 14.5. The number of fused-ring (bicyclic) bond motifs is 3. The highest BCUT2D eigenvalue weighted by atomic mass is 16.5. The second kappa shape index (κ2) is 6.18. The topological polar surface area (TPSA) is 66.8 Å². The predicted molar refractivity (Wildman–Crippen MR) is 72.4 cm³/mol. The van der Waals surface area contributed by atoms with Crippen molar-refractivity contribution in [2.24, 2.45) is 0 Å². The van der Waals surface area contributed by atoms with Crippen molar-refractivity contribution in [3.8, 4) is 5.75 Å². The molecule has 0 fully saturated rings. The number of carbonyl (C=O) groups excluding carboxylic acids is 1. The summed E-state index contributed by atoms with van der Waals surface area (Å²) in [6.45, 7) is 0.766. The molecule has 0 radical (unpaired) electrons. The molecule has 2 aliphatic rings. The SMILES string of the molecule is O=Cc1ccccc1B(O)O.c1cc2ccc1CO2. The van der Waals surface area contributed by atoms with E-state index in [0.29, 0.717) is 11.8 Å². The number of hydrogen-bond donors (Lipinski definition) is 2. The molecule has 0 aliphatic carbocycles. The number of hydrogen-bond acceptors (Lipinski definition) is 4. The van der Waals surface area contributed by atoms with Crippen LogP contribution in [0.5, 0.6) is 5.75 Å². The average molecular weight is 256 g/mol. The maximum absolute atomic E-state index is 10.3. The summed E-state index contributed by atoms with van der Waals surface area (Å²) in [5.41, 5.74) is 1.81. The van der Waals surface area contributed by atoms with Crippen LogP contribution in [0.1, 0.15) is 15.9 Å². The Kier molecular flexibility index (Phi) is 4.33. The van der Waals surface area contributed by atoms with E-state index < -0.39 is 7.12 Å². The van der Waals surface area contributed by atoms with Crippen LogP contribution in [0.2, 0.25) is 0 Å². The van der Waals surface area contributed by atoms with E-state index in [1.54, 1.807) is 12.1 Å². The molecule has 0 saturated carbocycles. The van der Waals surface area contributed by atoms with Gasteiger partial charge in [-0.1, -0.05) is 36.4 Å². The molecule has 0 spiro atoms. The molecule has 2 N–H and O–H groups in total. The van der Waals surface area contributed by atoms with Gasteiger partial charge in [0.1, 0.15) is 18.6 Å². The van der Waals surface area contributed by atoms with E-state index in [9.17, 15) is 4.79 Å². The van der Waals surface area contributed by atoms with Gasteiger partial charge in [-0.25, -0.2) is 0 Å². The van der Waals surface area contributed by atoms with Crippen LogP contribution in [0.4, 0.5) is 0 Å². The third-order valence-corrected chi connectivity index (χ3v) is 2.73. The molecule has 0 atom stereocenters. The van der Waals surface area contributed by atoms with Crippen LogP contribution in [-0.4, -0.2) is 23.5 Å². The molecule has 4 nitrogen and oxygen atoms in total. The van der Waals surface area contributed by atoms with Gasteiger partial charge in [-0.15, -0.1) is 0 Å². The number of rotatable bonds is 2. The molecule has 2 bridgehead atoms. The largest absolute Gasteiger partial charge is 0.489 e. The van der Waals surface area contributed by atoms with Gasteiger partial charge in [0.25, 0.3) is 0 Å². The molecule has 0 saturated heterocycles. The van der Waals surface area contributed by atoms with Gasteiger partial charge in [0.05, 0.1) is 0 Å². The predicted octanol–water partition coefficient (Wildman–Crippen LogP) is 0.758. The second-order valence-corrected chi connectivity index (χ2v) is 4.05. The number of aldehydes is 1. The summed E-state index contributed by atoms with van der Waals surface area (Å²) in [5, 5.41) is 17.5. The molecule has 19 heavy (non-hydrogen) atoms. The van der Waals surface area contributed by atoms with Crippen LogP contribution in [0, 0.1) is 0 Å². The number of benzene rings is 2. The van der Waals surface area contributed by atoms with Crippen LogP contribution in [0.3, 0.4) is 0 Å². The van der Waals surface area contributed by atoms with Crippen molar-refractivity contribution in [1.82, 2.24) is 0 Å². The summed E-state index contributed by atoms with van der Waals surface area (Å²) in [6.07, 6.45) is 0.592. The fourth-order valence-electron chi connectivity index (χ4n) is 1.70. The van der Waals surface area contributed by atoms with E-state index >= 15 is 0 Å². The van der Waals surface area contributed by atoms with Gasteiger partial charge in [-0.3, -0.25) is 4.79 Å². The van der Waals surface area contributed by atoms with Gasteiger partial charge in [0, 0.05) is 5.56 Å². The Morgan fingerprint density at radius 2 is 1.74 bits per heavy atom. The monoisotopic (exact) mass is 256 g/mol. The molecule has 2 aromatic carbocycles. The van der Waals surface area contributed by atoms with E-state index in [-0.39, 0.29) is 5.46 Å². The Morgan fingerprint density at radius 3 is 2.05 bits per heavy atom. The molecule has 5 heteroatoms. The Bertz CT molecular complexity index is 529. The first-order valence-corrected chi connectivity index (χ1v) is 5.82. The van der Waals surface area contributed by atoms with Crippen molar-refractivity contribution in [3.63, 3.8) is 0 Å². The van der Waals surface area contributed by atoms with Crippen molar-refractivity contribution in [2.45, 2.75) is 6.61 Å². The molecule has 4 rings (SSSR count). The zero-order chi connectivity index (χ0) is 13.7. The maximum Gasteiger partial charge on any atom is 0.489 e. The molecule has 0 amide bonds. The van der Waals surface area contributed by atoms with Gasteiger partial charge >= 0.3 is 7.12 Å². The van der Waals surface area contributed by atoms with Crippen LogP contribution >= 0.6 is 0 Å². The van der Waals surface area contributed by atoms with Crippen LogP contribution in [0.15, 0.2) is 48.5 Å². The molecule has 2 heterocycles. The van der Waals surface area contributed by atoms with E-state index in [1.807, 2.05) is 12.1 Å². The standard InChI is InChI=1S/C7H7BO3.C7H6O/c9-5-6-3-1-2-4-7(6)8(10)11;1-3-7-4-2-6(1)5-8-7/h1-5,10-11H;1-4H,5H2. The van der Waals surface area contributed by atoms with E-state index in [4.69, 9.17) is 14.8 Å². The smallest absolute Gasteiger partial charge is 0.489 e. The van der Waals surface area contributed by atoms with Crippen molar-refractivity contribution < 1.29 is 19.6 Å². The maximum atomic E-state index is 10.3. The van der Waals surface area contributed by atoms with Crippen LogP contribution in [-0.2, 0) is 6.61 Å². The summed E-state index contributed by atoms with van der Waals surface area (Å²) < 4.78 is 5.18. The van der Waals surface area contributed by atoms with E-state index in [2.05, 4.69) is 12.1 Å². The summed E-state index contributed by atoms with van der Waals surface area (Å²) in [4.78, 5) is 10.3. The van der Waals surface area contributed by atoms with Gasteiger partial charge in [0.15, 0.2) is 0 Å². The third kappa shape index (κ3) is 3.43. The minimum Gasteiger partial charge on any atom is -0.489 e. The van der Waals surface area contributed by atoms with Gasteiger partial charge in [0.2, 0.25) is 0 Å². The zero-order valence-electron chi connectivity index (χ0n) is 10.2. The lowest BCUT2D eigenvalue weighted by atomic mass is 9.77. The van der Waals surface area contributed by atoms with E-state index in [0.717, 1.165) is 12.4 Å². The van der Waals surface area contributed by atoms with Gasteiger partial charge in [-0.05, 0) is 23.2 Å². The first-order chi connectivity index (χ1) is 9.20. The van der Waals surface area contributed by atoms with E-state index in [1.165, 1.54) is 17.7 Å². The highest BCUT2D eigenvalue weighted by Gasteiger charge is 2.13. The van der Waals surface area contributed by atoms with Crippen molar-refractivity contribution >= 4 is 18.9 Å². The van der Waals surface area contributed by atoms with Crippen molar-refractivity contribution in [3.05, 3.63) is 59.7 Å². The Hall–Kier alpha value is -2.11. The minimum absolute atomic E-state index is 0.238. The molecule has 2 aromatic rings. The summed E-state index contributed by atoms with van der Waals surface area (Å²) >= 11 is 0. The lowest BCUT2D eigenvalue weighted by Gasteiger charge is -2.11. The molecule has 0 aromatic heterocycles. The first-order valence-electron chi connectivity index (χ1n) is 5.82. The summed E-state index contributed by atoms with van der Waals surface area (Å²) in [5.74, 6) is 0.986. The third-order valence-electron chi connectivity index (χ3n) is 2.73. The highest BCUT2D eigenvalue weighted by Crippen LogP contribution is 2.19. The Morgan fingerprint density at radius 1 is 1.05 bits per heavy atom. The zero-order valence-corrected chi connectivity index (χ0v) is 10.2. The molecule has 2 aliphatic heterocycles. The highest BCUT2D eigenvalue weighted by molar-refractivity contribution is 6.60. The normalized spacial score (nSPS) is 11.1. The fourth-order valence-corrected chi connectivity index (χ4v) is 1.70. The average Bonchev–Trinajstić information content (AvgIpc) is 2.50. The van der Waals surface area contributed by atoms with Gasteiger partial charge in [-0.2, -0.15) is 0 Å². The first kappa shape index (κ1) is 13.3. The Labute approximate surface area is 111 Å². The molecule has 0 unspecified atom stereocenters. The van der Waals surface area contributed by atoms with Crippen LogP contribution in [0.25, 0.3) is 0 Å². The number of carbonyl (C=O) groups is 1. The number of ether oxygens (including phenoxy) is 1. The lowest BCUT2D eigenvalue weighted by molar-refractivity contribution is 0.112. The quantitative estimate of drug-likeness (QED) is 0.614. The van der Waals surface area contributed by atoms with Crippen molar-refractivity contribution in [1.29, 1.82) is 0 Å². The Balaban J connectivity index is 0.000000146. The van der Waals surface area contributed by atoms with Crippen LogP contribution < -0.4 is 10.2 Å². The second-order valence-electron chi connectivity index (χ2n) is 4.05. The molecular weight excluding hydrogens is 243 g/mol. The fraction of sp³-hybridized carbons (Fsp3) is 0.0714. The minimum atomic E-state index is -1.57. The summed E-state index contributed by atoms with van der Waals surface area (Å²) in [7, 11) is -1.57. The molecular formula is C14H13BO4. The lowest BCUT2D eigenvalue weighted by Crippen LogP contribution is -2.32. The molecule has 96 valence electrons.